The number of piperazine rings is 1. The van der Waals surface area contributed by atoms with E-state index in [1.807, 2.05) is 30.6 Å². The normalized spacial score (nSPS) is 20.3. The largest absolute Gasteiger partial charge is 0.504 e. The highest BCUT2D eigenvalue weighted by Gasteiger charge is 2.44. The van der Waals surface area contributed by atoms with Crippen molar-refractivity contribution in [3.8, 4) is 22.8 Å². The fraction of sp³-hybridized carbons (Fsp3) is 0.292. The number of piperidine rings is 1. The number of H-pyrrole nitrogens is 1. The van der Waals surface area contributed by atoms with Crippen LogP contribution in [0, 0.1) is 0 Å². The molecule has 3 saturated heterocycles. The number of methoxy groups -OCH3 is 1. The lowest BCUT2D eigenvalue weighted by atomic mass is 9.86. The lowest BCUT2D eigenvalue weighted by Crippen LogP contribution is -2.68. The van der Waals surface area contributed by atoms with Crippen molar-refractivity contribution in [2.24, 2.45) is 0 Å². The van der Waals surface area contributed by atoms with E-state index >= 15 is 0 Å². The number of hydrogen-bond acceptors (Lipinski definition) is 7. The van der Waals surface area contributed by atoms with Crippen molar-refractivity contribution >= 4 is 16.9 Å². The molecule has 0 radical (unpaired) electrons. The summed E-state index contributed by atoms with van der Waals surface area (Å²) in [4.78, 5) is 21.5. The van der Waals surface area contributed by atoms with Gasteiger partial charge in [-0.15, -0.1) is 0 Å². The summed E-state index contributed by atoms with van der Waals surface area (Å²) in [6.45, 7) is 2.76. The van der Waals surface area contributed by atoms with E-state index in [4.69, 9.17) is 9.72 Å². The standard InChI is InChI=1S/C24H24N6O2/c1-32-21-4-2-15(8-20(21)31)11-30-17-9-18(30)13-29(12-17)22-5-3-16(10-26-22)23-19-6-7-25-24(19)28-14-27-23/h2-8,10,14,17-18,31H,9,11-13H2,1H3,(H,25,27,28). The summed E-state index contributed by atoms with van der Waals surface area (Å²) < 4.78 is 5.15. The number of fused-ring (bicyclic) bond motifs is 3. The number of phenols is 1. The van der Waals surface area contributed by atoms with Crippen LogP contribution in [0.3, 0.4) is 0 Å². The summed E-state index contributed by atoms with van der Waals surface area (Å²) in [7, 11) is 1.57. The van der Waals surface area contributed by atoms with E-state index in [1.54, 1.807) is 19.5 Å². The minimum Gasteiger partial charge on any atom is -0.504 e. The van der Waals surface area contributed by atoms with Crippen LogP contribution < -0.4 is 9.64 Å². The lowest BCUT2D eigenvalue weighted by molar-refractivity contribution is -0.00872. The van der Waals surface area contributed by atoms with Gasteiger partial charge in [-0.25, -0.2) is 15.0 Å². The van der Waals surface area contributed by atoms with Gasteiger partial charge in [0.1, 0.15) is 17.8 Å². The zero-order valence-electron chi connectivity index (χ0n) is 17.8. The Morgan fingerprint density at radius 3 is 2.72 bits per heavy atom. The van der Waals surface area contributed by atoms with E-state index in [9.17, 15) is 5.11 Å². The molecule has 1 aromatic carbocycles. The first-order valence-corrected chi connectivity index (χ1v) is 10.8. The molecular formula is C24H24N6O2. The van der Waals surface area contributed by atoms with E-state index < -0.39 is 0 Å². The number of benzene rings is 1. The molecule has 3 fully saturated rings. The van der Waals surface area contributed by atoms with Gasteiger partial charge in [0.25, 0.3) is 0 Å². The second-order valence-electron chi connectivity index (χ2n) is 8.49. The molecule has 4 aromatic rings. The second kappa shape index (κ2) is 7.49. The average Bonchev–Trinajstić information content (AvgIpc) is 3.32. The number of hydrogen-bond donors (Lipinski definition) is 2. The van der Waals surface area contributed by atoms with Crippen molar-refractivity contribution in [1.82, 2.24) is 24.8 Å². The molecule has 3 aromatic heterocycles. The molecule has 2 atom stereocenters. The molecule has 0 spiro atoms. The summed E-state index contributed by atoms with van der Waals surface area (Å²) in [6, 6.07) is 12.8. The monoisotopic (exact) mass is 428 g/mol. The zero-order chi connectivity index (χ0) is 21.7. The molecule has 3 aliphatic heterocycles. The van der Waals surface area contributed by atoms with Crippen LogP contribution in [-0.4, -0.2) is 62.2 Å². The van der Waals surface area contributed by atoms with Crippen LogP contribution in [0.25, 0.3) is 22.3 Å². The molecule has 162 valence electrons. The Labute approximate surface area is 185 Å². The predicted octanol–water partition coefficient (Wildman–Crippen LogP) is 3.20. The van der Waals surface area contributed by atoms with Crippen LogP contribution in [0.4, 0.5) is 5.82 Å². The maximum Gasteiger partial charge on any atom is 0.160 e. The summed E-state index contributed by atoms with van der Waals surface area (Å²) in [5.41, 5.74) is 3.82. The van der Waals surface area contributed by atoms with Gasteiger partial charge in [-0.3, -0.25) is 4.90 Å². The second-order valence-corrected chi connectivity index (χ2v) is 8.49. The third kappa shape index (κ3) is 3.15. The maximum absolute atomic E-state index is 10.1. The molecule has 2 N–H and O–H groups in total. The van der Waals surface area contributed by atoms with Gasteiger partial charge < -0.3 is 19.7 Å². The van der Waals surface area contributed by atoms with Crippen molar-refractivity contribution in [3.05, 3.63) is 60.7 Å². The average molecular weight is 428 g/mol. The molecule has 0 saturated carbocycles. The Bertz CT molecular complexity index is 1260. The van der Waals surface area contributed by atoms with Crippen molar-refractivity contribution in [1.29, 1.82) is 0 Å². The first-order valence-electron chi connectivity index (χ1n) is 10.8. The number of aromatic nitrogens is 4. The molecule has 7 rings (SSSR count). The van der Waals surface area contributed by atoms with Crippen LogP contribution in [0.2, 0.25) is 0 Å². The van der Waals surface area contributed by atoms with E-state index in [-0.39, 0.29) is 5.75 Å². The van der Waals surface area contributed by atoms with Crippen molar-refractivity contribution in [3.63, 3.8) is 0 Å². The van der Waals surface area contributed by atoms with Crippen molar-refractivity contribution in [2.75, 3.05) is 25.1 Å². The molecule has 0 aliphatic carbocycles. The molecule has 3 aliphatic rings. The Kier molecular flexibility index (Phi) is 4.46. The Hall–Kier alpha value is -3.65. The van der Waals surface area contributed by atoms with E-state index in [1.165, 1.54) is 6.42 Å². The van der Waals surface area contributed by atoms with Gasteiger partial charge in [0.15, 0.2) is 11.5 Å². The fourth-order valence-electron chi connectivity index (χ4n) is 4.99. The van der Waals surface area contributed by atoms with Gasteiger partial charge in [-0.2, -0.15) is 0 Å². The summed E-state index contributed by atoms with van der Waals surface area (Å²) in [6.07, 6.45) is 6.58. The topological polar surface area (TPSA) is 90.4 Å². The number of aromatic hydroxyl groups is 1. The quantitative estimate of drug-likeness (QED) is 0.504. The Morgan fingerprint density at radius 2 is 1.97 bits per heavy atom. The van der Waals surface area contributed by atoms with E-state index in [0.717, 1.165) is 53.3 Å². The van der Waals surface area contributed by atoms with Gasteiger partial charge in [0.2, 0.25) is 0 Å². The number of anilines is 1. The minimum atomic E-state index is 0.196. The first kappa shape index (κ1) is 19.1. The van der Waals surface area contributed by atoms with Crippen LogP contribution in [0.5, 0.6) is 11.5 Å². The minimum absolute atomic E-state index is 0.196. The summed E-state index contributed by atoms with van der Waals surface area (Å²) >= 11 is 0. The van der Waals surface area contributed by atoms with Gasteiger partial charge in [0.05, 0.1) is 12.8 Å². The van der Waals surface area contributed by atoms with E-state index in [2.05, 4.69) is 36.9 Å². The van der Waals surface area contributed by atoms with Gasteiger partial charge >= 0.3 is 0 Å². The van der Waals surface area contributed by atoms with Crippen molar-refractivity contribution < 1.29 is 9.84 Å². The maximum atomic E-state index is 10.1. The number of phenolic OH excluding ortho intramolecular Hbond substituents is 1. The van der Waals surface area contributed by atoms with Gasteiger partial charge in [0, 0.05) is 55.1 Å². The molecule has 32 heavy (non-hydrogen) atoms. The number of nitrogens with one attached hydrogen (secondary N) is 1. The van der Waals surface area contributed by atoms with Crippen LogP contribution in [0.1, 0.15) is 12.0 Å². The SMILES string of the molecule is COc1ccc(CN2C3CC2CN(c2ccc(-c4ncnc5[nH]ccc45)cn2)C3)cc1O. The van der Waals surface area contributed by atoms with Gasteiger partial charge in [-0.05, 0) is 42.3 Å². The van der Waals surface area contributed by atoms with Crippen LogP contribution >= 0.6 is 0 Å². The number of pyridine rings is 1. The predicted molar refractivity (Wildman–Crippen MR) is 122 cm³/mol. The Morgan fingerprint density at radius 1 is 1.09 bits per heavy atom. The summed E-state index contributed by atoms with van der Waals surface area (Å²) in [5.74, 6) is 1.71. The van der Waals surface area contributed by atoms with E-state index in [0.29, 0.717) is 17.8 Å². The number of ether oxygens (including phenoxy) is 1. The van der Waals surface area contributed by atoms with Crippen LogP contribution in [-0.2, 0) is 6.54 Å². The highest BCUT2D eigenvalue weighted by atomic mass is 16.5. The number of aromatic amines is 1. The van der Waals surface area contributed by atoms with Crippen molar-refractivity contribution in [2.45, 2.75) is 25.0 Å². The highest BCUT2D eigenvalue weighted by molar-refractivity contribution is 5.90. The molecule has 0 amide bonds. The van der Waals surface area contributed by atoms with Gasteiger partial charge in [-0.1, -0.05) is 6.07 Å². The Balaban J connectivity index is 1.15. The smallest absolute Gasteiger partial charge is 0.160 e. The molecule has 8 nitrogen and oxygen atoms in total. The molecule has 8 heteroatoms. The highest BCUT2D eigenvalue weighted by Crippen LogP contribution is 2.37. The third-order valence-corrected chi connectivity index (χ3v) is 6.65. The first-order chi connectivity index (χ1) is 15.7. The lowest BCUT2D eigenvalue weighted by Gasteiger charge is -2.56. The molecule has 6 heterocycles. The van der Waals surface area contributed by atoms with Crippen LogP contribution in [0.15, 0.2) is 55.1 Å². The number of rotatable bonds is 5. The molecule has 2 unspecified atom stereocenters. The number of nitrogens with zero attached hydrogens (tertiary/aromatic N) is 5. The molecule has 2 bridgehead atoms. The summed E-state index contributed by atoms with van der Waals surface area (Å²) in [5, 5.41) is 11.1. The third-order valence-electron chi connectivity index (χ3n) is 6.65. The zero-order valence-corrected chi connectivity index (χ0v) is 17.8. The fourth-order valence-corrected chi connectivity index (χ4v) is 4.99. The molecular weight excluding hydrogens is 404 g/mol.